The van der Waals surface area contributed by atoms with E-state index in [1.54, 1.807) is 0 Å². The zero-order valence-electron chi connectivity index (χ0n) is 9.32. The second-order valence-electron chi connectivity index (χ2n) is 2.51. The average Bonchev–Trinajstić information content (AvgIpc) is 2.12. The largest absolute Gasteiger partial charge is 2.00 e. The number of hydrogen-bond acceptors (Lipinski definition) is 6. The van der Waals surface area contributed by atoms with Crippen LogP contribution >= 0.6 is 0 Å². The molecule has 0 aliphatic rings. The van der Waals surface area contributed by atoms with Crippen molar-refractivity contribution in [1.29, 1.82) is 0 Å². The van der Waals surface area contributed by atoms with Gasteiger partial charge < -0.3 is 33.5 Å². The minimum atomic E-state index is -2.20. The Morgan fingerprint density at radius 3 is 1.86 bits per heavy atom. The number of rotatable bonds is 5. The van der Waals surface area contributed by atoms with Gasteiger partial charge in [-0.1, -0.05) is 0 Å². The zero-order valence-corrected chi connectivity index (χ0v) is 8.73. The van der Waals surface area contributed by atoms with Gasteiger partial charge in [-0.2, -0.15) is 0 Å². The maximum Gasteiger partial charge on any atom is 2.00 e. The fraction of sp³-hybridized carbons (Fsp3) is 0.833. The molecular formula is C6H14MgO7. The Hall–Kier alpha value is 0.0362. The molecule has 4 atom stereocenters. The first-order valence-electron chi connectivity index (χ1n) is 3.47. The second kappa shape index (κ2) is 7.34. The summed E-state index contributed by atoms with van der Waals surface area (Å²) in [6, 6.07) is 0. The predicted octanol–water partition coefficient (Wildman–Crippen LogP) is -3.65. The van der Waals surface area contributed by atoms with Crippen molar-refractivity contribution in [3.05, 3.63) is 0 Å². The Bertz CT molecular complexity index is 184. The molecule has 8 heteroatoms. The monoisotopic (exact) mass is 222 g/mol. The number of carboxylic acid groups (broad SMARTS) is 1. The zero-order chi connectivity index (χ0) is 10.6. The van der Waals surface area contributed by atoms with E-state index in [9.17, 15) is 4.79 Å². The normalized spacial score (nSPS) is 18.9. The van der Waals surface area contributed by atoms with Gasteiger partial charge in [0.25, 0.3) is 0 Å². The van der Waals surface area contributed by atoms with Gasteiger partial charge in [0, 0.05) is 0 Å². The van der Waals surface area contributed by atoms with Crippen LogP contribution in [-0.2, 0) is 4.79 Å². The first-order valence-corrected chi connectivity index (χ1v) is 3.47. The van der Waals surface area contributed by atoms with Gasteiger partial charge in [-0.3, -0.25) is 0 Å². The predicted molar refractivity (Wildman–Crippen MR) is 46.7 cm³/mol. The van der Waals surface area contributed by atoms with Crippen LogP contribution in [0.15, 0.2) is 0 Å². The third-order valence-corrected chi connectivity index (χ3v) is 1.51. The van der Waals surface area contributed by atoms with E-state index in [-0.39, 0.29) is 25.9 Å². The summed E-state index contributed by atoms with van der Waals surface area (Å²) >= 11 is 0. The van der Waals surface area contributed by atoms with E-state index in [1.807, 2.05) is 0 Å². The molecule has 0 rings (SSSR count). The Labute approximate surface area is 98.7 Å². The summed E-state index contributed by atoms with van der Waals surface area (Å²) in [6.07, 6.45) is -7.84. The van der Waals surface area contributed by atoms with Crippen LogP contribution in [0.3, 0.4) is 0 Å². The van der Waals surface area contributed by atoms with Gasteiger partial charge in [0.1, 0.15) is 18.3 Å². The van der Waals surface area contributed by atoms with Crippen LogP contribution in [0.2, 0.25) is 0 Å². The topological polar surface area (TPSA) is 138 Å². The molecule has 6 N–H and O–H groups in total. The maximum atomic E-state index is 10.1. The number of carboxylic acids is 1. The number of aliphatic carboxylic acids is 1. The van der Waals surface area contributed by atoms with Crippen molar-refractivity contribution in [1.82, 2.24) is 0 Å². The molecule has 0 heterocycles. The maximum absolute atomic E-state index is 10.1. The van der Waals surface area contributed by atoms with Gasteiger partial charge in [0.05, 0.1) is 6.61 Å². The molecule has 0 radical (unpaired) electrons. The first kappa shape index (κ1) is 16.5. The molecule has 0 saturated carbocycles. The standard InChI is InChI=1S/C6H12O7.Mg.2H/c7-1-2(8)3(9)4(10)5(11)6(12)13;;;/h2-5,7-11H,1H2,(H,12,13);;;/q;+2;2*-1/t2-,3-,4+,5-;;;/m1.../s1. The van der Waals surface area contributed by atoms with E-state index in [4.69, 9.17) is 30.6 Å². The van der Waals surface area contributed by atoms with Gasteiger partial charge in [0.15, 0.2) is 6.10 Å². The van der Waals surface area contributed by atoms with E-state index in [2.05, 4.69) is 0 Å². The van der Waals surface area contributed by atoms with E-state index in [0.717, 1.165) is 0 Å². The first-order chi connectivity index (χ1) is 5.91. The van der Waals surface area contributed by atoms with Crippen molar-refractivity contribution in [3.63, 3.8) is 0 Å². The third kappa shape index (κ3) is 4.51. The molecule has 82 valence electrons. The van der Waals surface area contributed by atoms with Crippen molar-refractivity contribution < 1.29 is 38.3 Å². The molecule has 14 heavy (non-hydrogen) atoms. The summed E-state index contributed by atoms with van der Waals surface area (Å²) in [5, 5.41) is 51.8. The van der Waals surface area contributed by atoms with Crippen LogP contribution in [0.4, 0.5) is 0 Å². The Morgan fingerprint density at radius 1 is 1.14 bits per heavy atom. The Morgan fingerprint density at radius 2 is 1.57 bits per heavy atom. The average molecular weight is 222 g/mol. The summed E-state index contributed by atoms with van der Waals surface area (Å²) in [4.78, 5) is 10.1. The number of aliphatic hydroxyl groups excluding tert-OH is 5. The summed E-state index contributed by atoms with van der Waals surface area (Å²) in [6.45, 7) is -0.843. The van der Waals surface area contributed by atoms with Crippen LogP contribution in [0, 0.1) is 0 Å². The van der Waals surface area contributed by atoms with Gasteiger partial charge in [0.2, 0.25) is 0 Å². The summed E-state index contributed by atoms with van der Waals surface area (Å²) in [5.74, 6) is -1.73. The molecule has 0 aliphatic heterocycles. The van der Waals surface area contributed by atoms with Crippen molar-refractivity contribution in [2.75, 3.05) is 6.61 Å². The van der Waals surface area contributed by atoms with E-state index in [0.29, 0.717) is 0 Å². The minimum absolute atomic E-state index is 0. The van der Waals surface area contributed by atoms with E-state index >= 15 is 0 Å². The van der Waals surface area contributed by atoms with Crippen molar-refractivity contribution in [3.8, 4) is 0 Å². The van der Waals surface area contributed by atoms with Crippen molar-refractivity contribution in [2.24, 2.45) is 0 Å². The number of aliphatic hydroxyl groups is 5. The van der Waals surface area contributed by atoms with Crippen LogP contribution in [0.5, 0.6) is 0 Å². The molecule has 0 aliphatic carbocycles. The quantitative estimate of drug-likeness (QED) is 0.264. The van der Waals surface area contributed by atoms with Crippen LogP contribution in [0.1, 0.15) is 2.85 Å². The molecule has 0 saturated heterocycles. The molecule has 0 aromatic heterocycles. The minimum Gasteiger partial charge on any atom is -1.00 e. The summed E-state index contributed by atoms with van der Waals surface area (Å²) in [5.41, 5.74) is 0. The fourth-order valence-corrected chi connectivity index (χ4v) is 0.668. The van der Waals surface area contributed by atoms with Crippen LogP contribution in [-0.4, -0.2) is 90.7 Å². The van der Waals surface area contributed by atoms with E-state index in [1.165, 1.54) is 0 Å². The van der Waals surface area contributed by atoms with E-state index < -0.39 is 37.0 Å². The summed E-state index contributed by atoms with van der Waals surface area (Å²) in [7, 11) is 0. The van der Waals surface area contributed by atoms with Gasteiger partial charge in [-0.25, -0.2) is 4.79 Å². The molecule has 0 aromatic rings. The van der Waals surface area contributed by atoms with Gasteiger partial charge >= 0.3 is 29.0 Å². The van der Waals surface area contributed by atoms with Crippen molar-refractivity contribution in [2.45, 2.75) is 24.4 Å². The van der Waals surface area contributed by atoms with Crippen LogP contribution < -0.4 is 0 Å². The fourth-order valence-electron chi connectivity index (χ4n) is 0.668. The molecule has 0 spiro atoms. The molecule has 0 unspecified atom stereocenters. The number of carbonyl (C=O) groups is 1. The Balaban J connectivity index is -0.000000240. The molecule has 7 nitrogen and oxygen atoms in total. The SMILES string of the molecule is O=C(O)[C@H](O)[C@@H](O)[C@H](O)[C@H](O)CO.[H-].[H-].[Mg+2]. The van der Waals surface area contributed by atoms with Gasteiger partial charge in [-0.15, -0.1) is 0 Å². The molecule has 0 fully saturated rings. The van der Waals surface area contributed by atoms with Gasteiger partial charge in [-0.05, 0) is 0 Å². The smallest absolute Gasteiger partial charge is 1.00 e. The molecule has 0 bridgehead atoms. The molecular weight excluding hydrogens is 208 g/mol. The van der Waals surface area contributed by atoms with Crippen LogP contribution in [0.25, 0.3) is 0 Å². The van der Waals surface area contributed by atoms with Crippen molar-refractivity contribution >= 4 is 29.0 Å². The second-order valence-corrected chi connectivity index (χ2v) is 2.51. The number of hydrogen-bond donors (Lipinski definition) is 6. The third-order valence-electron chi connectivity index (χ3n) is 1.51. The molecule has 0 aromatic carbocycles. The molecule has 0 amide bonds. The Kier molecular flexibility index (Phi) is 8.64. The summed E-state index contributed by atoms with van der Waals surface area (Å²) < 4.78 is 0.